The van der Waals surface area contributed by atoms with E-state index in [-0.39, 0.29) is 0 Å². The molecule has 5 nitrogen and oxygen atoms in total. The van der Waals surface area contributed by atoms with Crippen LogP contribution in [-0.4, -0.2) is 47.7 Å². The van der Waals surface area contributed by atoms with Crippen LogP contribution in [0.25, 0.3) is 0 Å². The number of nitrogens with zero attached hydrogens (tertiary/aromatic N) is 3. The van der Waals surface area contributed by atoms with Crippen molar-refractivity contribution in [3.8, 4) is 5.88 Å². The van der Waals surface area contributed by atoms with Crippen molar-refractivity contribution in [2.75, 3.05) is 26.7 Å². The molecule has 1 saturated heterocycles. The molecule has 1 fully saturated rings. The summed E-state index contributed by atoms with van der Waals surface area (Å²) in [5, 5.41) is 3.32. The van der Waals surface area contributed by atoms with E-state index in [9.17, 15) is 0 Å². The molecule has 1 N–H and O–H groups in total. The highest BCUT2D eigenvalue weighted by Crippen LogP contribution is 2.16. The highest BCUT2D eigenvalue weighted by Gasteiger charge is 2.19. The van der Waals surface area contributed by atoms with Crippen molar-refractivity contribution in [3.63, 3.8) is 0 Å². The van der Waals surface area contributed by atoms with Crippen molar-refractivity contribution < 1.29 is 4.74 Å². The predicted octanol–water partition coefficient (Wildman–Crippen LogP) is 1.84. The quantitative estimate of drug-likeness (QED) is 0.771. The number of hydrogen-bond acceptors (Lipinski definition) is 5. The second kappa shape index (κ2) is 8.17. The summed E-state index contributed by atoms with van der Waals surface area (Å²) >= 11 is 0. The van der Waals surface area contributed by atoms with Gasteiger partial charge in [0, 0.05) is 18.8 Å². The summed E-state index contributed by atoms with van der Waals surface area (Å²) in [4.78, 5) is 11.1. The normalized spacial score (nSPS) is 20.0. The highest BCUT2D eigenvalue weighted by atomic mass is 16.5. The zero-order valence-corrected chi connectivity index (χ0v) is 12.6. The van der Waals surface area contributed by atoms with Gasteiger partial charge in [-0.1, -0.05) is 13.3 Å². The van der Waals surface area contributed by atoms with E-state index in [1.165, 1.54) is 25.8 Å². The first-order chi connectivity index (χ1) is 9.79. The third-order valence-corrected chi connectivity index (χ3v) is 3.74. The van der Waals surface area contributed by atoms with Gasteiger partial charge in [-0.25, -0.2) is 4.98 Å². The Bertz CT molecular complexity index is 399. The number of ether oxygens (including phenoxy) is 1. The fourth-order valence-electron chi connectivity index (χ4n) is 2.47. The number of rotatable bonds is 7. The van der Waals surface area contributed by atoms with Crippen molar-refractivity contribution in [1.29, 1.82) is 0 Å². The van der Waals surface area contributed by atoms with Crippen LogP contribution in [0.2, 0.25) is 0 Å². The molecule has 1 aliphatic heterocycles. The van der Waals surface area contributed by atoms with Gasteiger partial charge in [0.05, 0.1) is 11.9 Å². The van der Waals surface area contributed by atoms with Gasteiger partial charge >= 0.3 is 0 Å². The minimum Gasteiger partial charge on any atom is -0.475 e. The molecule has 0 saturated carbocycles. The summed E-state index contributed by atoms with van der Waals surface area (Å²) < 4.78 is 5.82. The zero-order chi connectivity index (χ0) is 14.2. The second-order valence-electron chi connectivity index (χ2n) is 5.47. The maximum absolute atomic E-state index is 5.82. The minimum absolute atomic E-state index is 0.507. The van der Waals surface area contributed by atoms with Gasteiger partial charge in [-0.05, 0) is 39.4 Å². The van der Waals surface area contributed by atoms with Crippen LogP contribution in [-0.2, 0) is 6.54 Å². The molecule has 0 aromatic carbocycles. The van der Waals surface area contributed by atoms with E-state index in [2.05, 4.69) is 34.2 Å². The SMILES string of the molecule is CCCNCc1cncc(OCC2CCCCN2C)n1. The molecule has 1 atom stereocenters. The third-order valence-electron chi connectivity index (χ3n) is 3.74. The van der Waals surface area contributed by atoms with Crippen LogP contribution in [0.3, 0.4) is 0 Å². The first-order valence-corrected chi connectivity index (χ1v) is 7.64. The second-order valence-corrected chi connectivity index (χ2v) is 5.47. The topological polar surface area (TPSA) is 50.3 Å². The van der Waals surface area contributed by atoms with Crippen molar-refractivity contribution >= 4 is 0 Å². The van der Waals surface area contributed by atoms with E-state index >= 15 is 0 Å². The lowest BCUT2D eigenvalue weighted by Crippen LogP contribution is -2.40. The molecule has 112 valence electrons. The number of likely N-dealkylation sites (tertiary alicyclic amines) is 1. The Morgan fingerprint density at radius 1 is 1.40 bits per heavy atom. The highest BCUT2D eigenvalue weighted by molar-refractivity contribution is 5.08. The average molecular weight is 278 g/mol. The lowest BCUT2D eigenvalue weighted by Gasteiger charge is -2.31. The number of aromatic nitrogens is 2. The Kier molecular flexibility index (Phi) is 6.21. The van der Waals surface area contributed by atoms with Gasteiger partial charge in [-0.15, -0.1) is 0 Å². The Hall–Kier alpha value is -1.20. The van der Waals surface area contributed by atoms with Crippen molar-refractivity contribution in [2.24, 2.45) is 0 Å². The largest absolute Gasteiger partial charge is 0.475 e. The van der Waals surface area contributed by atoms with E-state index in [1.54, 1.807) is 12.4 Å². The van der Waals surface area contributed by atoms with Crippen LogP contribution in [0.4, 0.5) is 0 Å². The van der Waals surface area contributed by atoms with Crippen molar-refractivity contribution in [3.05, 3.63) is 18.1 Å². The van der Waals surface area contributed by atoms with Gasteiger partial charge in [0.2, 0.25) is 5.88 Å². The van der Waals surface area contributed by atoms with Gasteiger partial charge in [-0.2, -0.15) is 0 Å². The van der Waals surface area contributed by atoms with E-state index < -0.39 is 0 Å². The van der Waals surface area contributed by atoms with Crippen LogP contribution in [0, 0.1) is 0 Å². The first-order valence-electron chi connectivity index (χ1n) is 7.64. The monoisotopic (exact) mass is 278 g/mol. The Labute approximate surface area is 121 Å². The fourth-order valence-corrected chi connectivity index (χ4v) is 2.47. The first kappa shape index (κ1) is 15.2. The van der Waals surface area contributed by atoms with Crippen LogP contribution < -0.4 is 10.1 Å². The molecular formula is C15H26N4O. The van der Waals surface area contributed by atoms with E-state index in [0.29, 0.717) is 18.5 Å². The summed E-state index contributed by atoms with van der Waals surface area (Å²) in [6, 6.07) is 0.507. The molecule has 5 heteroatoms. The number of nitrogens with one attached hydrogen (secondary N) is 1. The zero-order valence-electron chi connectivity index (χ0n) is 12.6. The van der Waals surface area contributed by atoms with E-state index in [1.807, 2.05) is 0 Å². The van der Waals surface area contributed by atoms with Crippen LogP contribution in [0.15, 0.2) is 12.4 Å². The van der Waals surface area contributed by atoms with Gasteiger partial charge in [0.1, 0.15) is 6.61 Å². The van der Waals surface area contributed by atoms with Crippen LogP contribution in [0.1, 0.15) is 38.3 Å². The summed E-state index contributed by atoms with van der Waals surface area (Å²) in [6.45, 7) is 5.78. The Balaban J connectivity index is 1.81. The lowest BCUT2D eigenvalue weighted by molar-refractivity contribution is 0.122. The summed E-state index contributed by atoms with van der Waals surface area (Å²) in [5.41, 5.74) is 0.938. The van der Waals surface area contributed by atoms with Gasteiger partial charge in [-0.3, -0.25) is 4.98 Å². The van der Waals surface area contributed by atoms with E-state index in [0.717, 1.165) is 25.2 Å². The molecule has 1 aromatic rings. The van der Waals surface area contributed by atoms with Crippen molar-refractivity contribution in [1.82, 2.24) is 20.2 Å². The predicted molar refractivity (Wildman–Crippen MR) is 79.8 cm³/mol. The van der Waals surface area contributed by atoms with Crippen molar-refractivity contribution in [2.45, 2.75) is 45.2 Å². The molecular weight excluding hydrogens is 252 g/mol. The molecule has 1 aromatic heterocycles. The van der Waals surface area contributed by atoms with Gasteiger partial charge < -0.3 is 15.0 Å². The molecule has 20 heavy (non-hydrogen) atoms. The maximum Gasteiger partial charge on any atom is 0.232 e. The third kappa shape index (κ3) is 4.72. The minimum atomic E-state index is 0.507. The Morgan fingerprint density at radius 3 is 3.10 bits per heavy atom. The molecule has 0 bridgehead atoms. The maximum atomic E-state index is 5.82. The smallest absolute Gasteiger partial charge is 0.232 e. The average Bonchev–Trinajstić information content (AvgIpc) is 2.47. The fraction of sp³-hybridized carbons (Fsp3) is 0.733. The molecule has 0 spiro atoms. The molecule has 2 rings (SSSR count). The molecule has 2 heterocycles. The molecule has 0 aliphatic carbocycles. The summed E-state index contributed by atoms with van der Waals surface area (Å²) in [7, 11) is 2.17. The summed E-state index contributed by atoms with van der Waals surface area (Å²) in [6.07, 6.45) is 8.42. The molecule has 0 radical (unpaired) electrons. The number of piperidine rings is 1. The van der Waals surface area contributed by atoms with E-state index in [4.69, 9.17) is 4.74 Å². The summed E-state index contributed by atoms with van der Waals surface area (Å²) in [5.74, 6) is 0.639. The Morgan fingerprint density at radius 2 is 2.30 bits per heavy atom. The lowest BCUT2D eigenvalue weighted by atomic mass is 10.0. The van der Waals surface area contributed by atoms with Gasteiger partial charge in [0.25, 0.3) is 0 Å². The molecule has 1 unspecified atom stereocenters. The van der Waals surface area contributed by atoms with Crippen LogP contribution >= 0.6 is 0 Å². The molecule has 0 amide bonds. The van der Waals surface area contributed by atoms with Crippen LogP contribution in [0.5, 0.6) is 5.88 Å². The number of likely N-dealkylation sites (N-methyl/N-ethyl adjacent to an activating group) is 1. The number of hydrogen-bond donors (Lipinski definition) is 1. The van der Waals surface area contributed by atoms with Gasteiger partial charge in [0.15, 0.2) is 0 Å². The molecule has 1 aliphatic rings. The standard InChI is InChI=1S/C15H26N4O/c1-3-7-16-9-13-10-17-11-15(18-13)20-12-14-6-4-5-8-19(14)2/h10-11,14,16H,3-9,12H2,1-2H3.